The Bertz CT molecular complexity index is 2130. The molecule has 6 rings (SSSR count). The molecule has 0 saturated carbocycles. The number of nitrogens with zero attached hydrogens (tertiary/aromatic N) is 3. The number of carbonyl (C=O) groups is 1. The minimum atomic E-state index is -0.747. The van der Waals surface area contributed by atoms with Crippen LogP contribution in [-0.4, -0.2) is 27.8 Å². The second kappa shape index (κ2) is 12.8. The Hall–Kier alpha value is -4.95. The third kappa shape index (κ3) is 5.76. The van der Waals surface area contributed by atoms with Gasteiger partial charge in [-0.25, -0.2) is 9.79 Å². The van der Waals surface area contributed by atoms with Gasteiger partial charge in [0.2, 0.25) is 0 Å². The first-order valence-corrected chi connectivity index (χ1v) is 16.3. The first kappa shape index (κ1) is 31.0. The maximum absolute atomic E-state index is 14.3. The van der Waals surface area contributed by atoms with Crippen molar-refractivity contribution in [2.45, 2.75) is 53.7 Å². The number of rotatable bonds is 8. The van der Waals surface area contributed by atoms with E-state index in [4.69, 9.17) is 14.5 Å². The Morgan fingerprint density at radius 3 is 2.33 bits per heavy atom. The van der Waals surface area contributed by atoms with Gasteiger partial charge >= 0.3 is 5.97 Å². The first-order chi connectivity index (χ1) is 22.2. The molecule has 0 unspecified atom stereocenters. The SMILES string of the molecule is CCOC(=O)C1=C(C)N=c2s/c(=C\c3cc(C)n(-c4ccc(-c5ccccc5)cc4)c3C)c(=O)n2[C@H]1c1ccccc1OC(C)C. The molecular weight excluding hydrogens is 595 g/mol. The normalized spacial score (nSPS) is 14.8. The molecule has 0 amide bonds. The van der Waals surface area contributed by atoms with Gasteiger partial charge in [-0.05, 0) is 88.6 Å². The van der Waals surface area contributed by atoms with Crippen LogP contribution in [-0.2, 0) is 9.53 Å². The number of para-hydroxylation sites is 1. The van der Waals surface area contributed by atoms with E-state index in [2.05, 4.69) is 60.9 Å². The van der Waals surface area contributed by atoms with Crippen LogP contribution in [0.3, 0.4) is 0 Å². The highest BCUT2D eigenvalue weighted by Gasteiger charge is 2.35. The van der Waals surface area contributed by atoms with Gasteiger partial charge in [-0.2, -0.15) is 0 Å². The van der Waals surface area contributed by atoms with Gasteiger partial charge in [-0.1, -0.05) is 72.0 Å². The number of fused-ring (bicyclic) bond motifs is 1. The molecular formula is C38H37N3O4S. The summed E-state index contributed by atoms with van der Waals surface area (Å²) in [6.07, 6.45) is 1.83. The molecule has 5 aromatic rings. The highest BCUT2D eigenvalue weighted by molar-refractivity contribution is 7.07. The minimum absolute atomic E-state index is 0.0992. The number of allylic oxidation sites excluding steroid dienone is 1. The Morgan fingerprint density at radius 2 is 1.63 bits per heavy atom. The van der Waals surface area contributed by atoms with E-state index in [1.807, 2.05) is 62.4 Å². The zero-order valence-corrected chi connectivity index (χ0v) is 27.7. The summed E-state index contributed by atoms with van der Waals surface area (Å²) in [6.45, 7) is 11.8. The summed E-state index contributed by atoms with van der Waals surface area (Å²) >= 11 is 1.32. The average Bonchev–Trinajstić information content (AvgIpc) is 3.50. The van der Waals surface area contributed by atoms with E-state index in [0.29, 0.717) is 31.9 Å². The molecule has 8 heteroatoms. The smallest absolute Gasteiger partial charge is 0.338 e. The van der Waals surface area contributed by atoms with Crippen LogP contribution in [0.1, 0.15) is 56.3 Å². The van der Waals surface area contributed by atoms with Crippen molar-refractivity contribution < 1.29 is 14.3 Å². The molecule has 0 saturated heterocycles. The van der Waals surface area contributed by atoms with Crippen molar-refractivity contribution in [1.29, 1.82) is 0 Å². The van der Waals surface area contributed by atoms with Gasteiger partial charge in [0.05, 0.1) is 28.5 Å². The van der Waals surface area contributed by atoms with Crippen molar-refractivity contribution in [2.24, 2.45) is 4.99 Å². The molecule has 1 atom stereocenters. The number of aromatic nitrogens is 2. The van der Waals surface area contributed by atoms with E-state index in [-0.39, 0.29) is 18.3 Å². The molecule has 3 heterocycles. The zero-order chi connectivity index (χ0) is 32.5. The predicted molar refractivity (Wildman–Crippen MR) is 183 cm³/mol. The lowest BCUT2D eigenvalue weighted by Gasteiger charge is -2.26. The number of benzene rings is 3. The Morgan fingerprint density at radius 1 is 0.957 bits per heavy atom. The highest BCUT2D eigenvalue weighted by atomic mass is 32.1. The fourth-order valence-corrected chi connectivity index (χ4v) is 7.10. The fraction of sp³-hybridized carbons (Fsp3) is 0.237. The van der Waals surface area contributed by atoms with Gasteiger partial charge in [-0.15, -0.1) is 0 Å². The molecule has 1 aliphatic heterocycles. The number of ether oxygens (including phenoxy) is 2. The molecule has 0 aliphatic carbocycles. The number of hydrogen-bond donors (Lipinski definition) is 0. The lowest BCUT2D eigenvalue weighted by Crippen LogP contribution is -2.40. The summed E-state index contributed by atoms with van der Waals surface area (Å²) in [5, 5.41) is 0. The Balaban J connectivity index is 1.46. The van der Waals surface area contributed by atoms with Gasteiger partial charge in [0, 0.05) is 22.6 Å². The van der Waals surface area contributed by atoms with Crippen molar-refractivity contribution in [3.05, 3.63) is 138 Å². The van der Waals surface area contributed by atoms with Crippen LogP contribution in [0.5, 0.6) is 5.75 Å². The van der Waals surface area contributed by atoms with Crippen LogP contribution in [0.2, 0.25) is 0 Å². The topological polar surface area (TPSA) is 74.8 Å². The second-order valence-corrected chi connectivity index (χ2v) is 12.6. The summed E-state index contributed by atoms with van der Waals surface area (Å²) in [6, 6.07) is 27.7. The molecule has 7 nitrogen and oxygen atoms in total. The Kier molecular flexibility index (Phi) is 8.65. The van der Waals surface area contributed by atoms with Crippen molar-refractivity contribution in [2.75, 3.05) is 6.61 Å². The molecule has 0 spiro atoms. The number of esters is 1. The van der Waals surface area contributed by atoms with Crippen molar-refractivity contribution in [1.82, 2.24) is 9.13 Å². The standard InChI is InChI=1S/C38H37N3O4S/c1-7-44-37(43)34-25(5)39-38-41(35(34)31-15-11-12-16-32(31)45-23(2)3)36(42)33(46-38)22-29-21-24(4)40(26(29)6)30-19-17-28(18-20-30)27-13-9-8-10-14-27/h8-23,35H,7H2,1-6H3/b33-22-/t35-/m0/s1. The van der Waals surface area contributed by atoms with E-state index in [9.17, 15) is 9.59 Å². The number of carbonyl (C=O) groups excluding carboxylic acids is 1. The van der Waals surface area contributed by atoms with Gasteiger partial charge in [0.15, 0.2) is 4.80 Å². The van der Waals surface area contributed by atoms with Crippen LogP contribution >= 0.6 is 11.3 Å². The van der Waals surface area contributed by atoms with Gasteiger partial charge in [0.1, 0.15) is 11.8 Å². The van der Waals surface area contributed by atoms with E-state index in [1.165, 1.54) is 16.9 Å². The summed E-state index contributed by atoms with van der Waals surface area (Å²) in [7, 11) is 0. The molecule has 0 bridgehead atoms. The van der Waals surface area contributed by atoms with Crippen molar-refractivity contribution in [3.8, 4) is 22.6 Å². The molecule has 0 fully saturated rings. The molecule has 2 aromatic heterocycles. The summed E-state index contributed by atoms with van der Waals surface area (Å²) in [5.41, 5.74) is 7.73. The fourth-order valence-electron chi connectivity index (χ4n) is 6.06. The molecule has 46 heavy (non-hydrogen) atoms. The molecule has 0 N–H and O–H groups in total. The van der Waals surface area contributed by atoms with Crippen LogP contribution < -0.4 is 19.6 Å². The largest absolute Gasteiger partial charge is 0.491 e. The van der Waals surface area contributed by atoms with Crippen LogP contribution in [0.4, 0.5) is 0 Å². The lowest BCUT2D eigenvalue weighted by molar-refractivity contribution is -0.139. The third-order valence-electron chi connectivity index (χ3n) is 8.08. The van der Waals surface area contributed by atoms with E-state index >= 15 is 0 Å². The monoisotopic (exact) mass is 631 g/mol. The molecule has 234 valence electrons. The Labute approximate surface area is 272 Å². The number of aryl methyl sites for hydroxylation is 1. The summed E-state index contributed by atoms with van der Waals surface area (Å²) < 4.78 is 16.0. The second-order valence-electron chi connectivity index (χ2n) is 11.6. The lowest BCUT2D eigenvalue weighted by atomic mass is 9.95. The summed E-state index contributed by atoms with van der Waals surface area (Å²) in [5.74, 6) is 0.111. The number of thiazole rings is 1. The van der Waals surface area contributed by atoms with Crippen molar-refractivity contribution >= 4 is 23.4 Å². The van der Waals surface area contributed by atoms with Crippen LogP contribution in [0, 0.1) is 13.8 Å². The zero-order valence-electron chi connectivity index (χ0n) is 26.9. The van der Waals surface area contributed by atoms with Gasteiger partial charge < -0.3 is 14.0 Å². The highest BCUT2D eigenvalue weighted by Crippen LogP contribution is 2.36. The molecule has 1 aliphatic rings. The van der Waals surface area contributed by atoms with E-state index < -0.39 is 12.0 Å². The van der Waals surface area contributed by atoms with Crippen LogP contribution in [0.25, 0.3) is 22.9 Å². The maximum Gasteiger partial charge on any atom is 0.338 e. The average molecular weight is 632 g/mol. The van der Waals surface area contributed by atoms with Crippen LogP contribution in [0.15, 0.2) is 106 Å². The quantitative estimate of drug-likeness (QED) is 0.180. The first-order valence-electron chi connectivity index (χ1n) is 15.5. The van der Waals surface area contributed by atoms with E-state index in [1.54, 1.807) is 18.4 Å². The molecule has 0 radical (unpaired) electrons. The summed E-state index contributed by atoms with van der Waals surface area (Å²) in [4.78, 5) is 32.9. The van der Waals surface area contributed by atoms with E-state index in [0.717, 1.165) is 28.2 Å². The predicted octanol–water partition coefficient (Wildman–Crippen LogP) is 6.66. The number of hydrogen-bond acceptors (Lipinski definition) is 6. The maximum atomic E-state index is 14.3. The van der Waals surface area contributed by atoms with Crippen molar-refractivity contribution in [3.63, 3.8) is 0 Å². The minimum Gasteiger partial charge on any atom is -0.491 e. The molecule has 3 aromatic carbocycles. The third-order valence-corrected chi connectivity index (χ3v) is 9.07. The van der Waals surface area contributed by atoms with Gasteiger partial charge in [-0.3, -0.25) is 9.36 Å². The van der Waals surface area contributed by atoms with Gasteiger partial charge in [0.25, 0.3) is 5.56 Å².